The number of benzene rings is 2. The van der Waals surface area contributed by atoms with Gasteiger partial charge >= 0.3 is 0 Å². The molecule has 1 aliphatic rings. The third-order valence-corrected chi connectivity index (χ3v) is 5.95. The fraction of sp³-hybridized carbons (Fsp3) is 0.333. The third kappa shape index (κ3) is 4.39. The van der Waals surface area contributed by atoms with E-state index < -0.39 is 28.5 Å². The van der Waals surface area contributed by atoms with E-state index in [2.05, 4.69) is 5.10 Å². The van der Waals surface area contributed by atoms with E-state index in [0.717, 1.165) is 30.0 Å². The Morgan fingerprint density at radius 1 is 1.20 bits per heavy atom. The minimum Gasteiger partial charge on any atom is -0.372 e. The third-order valence-electron chi connectivity index (χ3n) is 4.59. The number of hydrazone groups is 1. The lowest BCUT2D eigenvalue weighted by atomic mass is 10.1. The predicted octanol–water partition coefficient (Wildman–Crippen LogP) is 3.71. The van der Waals surface area contributed by atoms with Gasteiger partial charge in [0, 0.05) is 19.8 Å². The number of amides is 1. The van der Waals surface area contributed by atoms with E-state index in [4.69, 9.17) is 14.2 Å². The van der Waals surface area contributed by atoms with Crippen LogP contribution in [-0.4, -0.2) is 49.7 Å². The Kier molecular flexibility index (Phi) is 7.19. The predicted molar refractivity (Wildman–Crippen MR) is 110 cm³/mol. The van der Waals surface area contributed by atoms with Crippen molar-refractivity contribution in [3.8, 4) is 0 Å². The van der Waals surface area contributed by atoms with Crippen LogP contribution in [0.1, 0.15) is 18.1 Å². The van der Waals surface area contributed by atoms with E-state index in [9.17, 15) is 13.6 Å². The largest absolute Gasteiger partial charge is 0.372 e. The van der Waals surface area contributed by atoms with Crippen LogP contribution in [0.15, 0.2) is 53.6 Å². The monoisotopic (exact) mass is 436 g/mol. The number of halogens is 2. The molecule has 160 valence electrons. The van der Waals surface area contributed by atoms with Crippen molar-refractivity contribution in [1.29, 1.82) is 0 Å². The van der Waals surface area contributed by atoms with Crippen molar-refractivity contribution in [3.63, 3.8) is 0 Å². The molecule has 2 aromatic rings. The highest BCUT2D eigenvalue weighted by atomic mass is 32.2. The molecular weight excluding hydrogens is 414 g/mol. The Bertz CT molecular complexity index is 928. The zero-order valence-corrected chi connectivity index (χ0v) is 17.6. The average Bonchev–Trinajstić information content (AvgIpc) is 3.15. The van der Waals surface area contributed by atoms with Crippen LogP contribution in [0, 0.1) is 11.6 Å². The summed E-state index contributed by atoms with van der Waals surface area (Å²) >= 11 is 1.11. The lowest BCUT2D eigenvalue weighted by molar-refractivity contribution is -0.148. The van der Waals surface area contributed by atoms with Crippen molar-refractivity contribution < 1.29 is 27.8 Å². The highest BCUT2D eigenvalue weighted by Crippen LogP contribution is 2.48. The van der Waals surface area contributed by atoms with Crippen molar-refractivity contribution in [2.24, 2.45) is 5.10 Å². The van der Waals surface area contributed by atoms with Crippen molar-refractivity contribution in [2.75, 3.05) is 27.6 Å². The molecule has 0 saturated carbocycles. The normalized spacial score (nSPS) is 19.6. The lowest BCUT2D eigenvalue weighted by Crippen LogP contribution is -2.48. The Hall–Kier alpha value is -2.33. The van der Waals surface area contributed by atoms with Gasteiger partial charge in [0.25, 0.3) is 5.91 Å². The van der Waals surface area contributed by atoms with Gasteiger partial charge in [0.2, 0.25) is 0 Å². The quantitative estimate of drug-likeness (QED) is 0.466. The Morgan fingerprint density at radius 3 is 2.60 bits per heavy atom. The van der Waals surface area contributed by atoms with Gasteiger partial charge < -0.3 is 14.2 Å². The maximum Gasteiger partial charge on any atom is 0.273 e. The SMILES string of the molecule is COCOCC1(c2ccccc2)SC(c2cc(F)ccc2F)=NN1C(=O)C(C)OC. The molecule has 2 atom stereocenters. The first-order valence-corrected chi connectivity index (χ1v) is 9.96. The fourth-order valence-corrected chi connectivity index (χ4v) is 4.30. The summed E-state index contributed by atoms with van der Waals surface area (Å²) in [6.07, 6.45) is -0.809. The van der Waals surface area contributed by atoms with Gasteiger partial charge in [-0.25, -0.2) is 13.8 Å². The molecule has 0 saturated heterocycles. The zero-order valence-electron chi connectivity index (χ0n) is 16.8. The molecule has 30 heavy (non-hydrogen) atoms. The Morgan fingerprint density at radius 2 is 1.93 bits per heavy atom. The molecule has 3 rings (SSSR count). The number of ether oxygens (including phenoxy) is 3. The van der Waals surface area contributed by atoms with Gasteiger partial charge in [-0.3, -0.25) is 4.79 Å². The van der Waals surface area contributed by atoms with Gasteiger partial charge in [-0.2, -0.15) is 5.10 Å². The van der Waals surface area contributed by atoms with Crippen LogP contribution in [0.3, 0.4) is 0 Å². The highest BCUT2D eigenvalue weighted by molar-refractivity contribution is 8.15. The summed E-state index contributed by atoms with van der Waals surface area (Å²) < 4.78 is 44.1. The summed E-state index contributed by atoms with van der Waals surface area (Å²) in [5.74, 6) is -1.69. The first-order valence-electron chi connectivity index (χ1n) is 9.15. The molecule has 1 heterocycles. The van der Waals surface area contributed by atoms with E-state index in [1.807, 2.05) is 30.3 Å². The van der Waals surface area contributed by atoms with E-state index in [1.54, 1.807) is 6.92 Å². The summed E-state index contributed by atoms with van der Waals surface area (Å²) in [4.78, 5) is 12.0. The second kappa shape index (κ2) is 9.65. The van der Waals surface area contributed by atoms with Crippen molar-refractivity contribution in [3.05, 3.63) is 71.3 Å². The molecular formula is C21H22F2N2O4S. The summed E-state index contributed by atoms with van der Waals surface area (Å²) in [5, 5.41) is 5.79. The molecule has 6 nitrogen and oxygen atoms in total. The van der Waals surface area contributed by atoms with Crippen molar-refractivity contribution in [1.82, 2.24) is 5.01 Å². The average molecular weight is 436 g/mol. The van der Waals surface area contributed by atoms with Crippen LogP contribution in [0.5, 0.6) is 0 Å². The van der Waals surface area contributed by atoms with Crippen LogP contribution in [0.4, 0.5) is 8.78 Å². The van der Waals surface area contributed by atoms with Crippen LogP contribution in [0.2, 0.25) is 0 Å². The molecule has 1 aliphatic heterocycles. The number of hydrogen-bond acceptors (Lipinski definition) is 6. The molecule has 0 radical (unpaired) electrons. The number of nitrogens with zero attached hydrogens (tertiary/aromatic N) is 2. The molecule has 1 amide bonds. The molecule has 2 aromatic carbocycles. The highest BCUT2D eigenvalue weighted by Gasteiger charge is 2.50. The van der Waals surface area contributed by atoms with Gasteiger partial charge in [0.05, 0.1) is 6.61 Å². The van der Waals surface area contributed by atoms with Crippen LogP contribution >= 0.6 is 11.8 Å². The van der Waals surface area contributed by atoms with Crippen molar-refractivity contribution in [2.45, 2.75) is 17.9 Å². The second-order valence-corrected chi connectivity index (χ2v) is 7.83. The molecule has 9 heteroatoms. The van der Waals surface area contributed by atoms with E-state index in [0.29, 0.717) is 5.56 Å². The van der Waals surface area contributed by atoms with Gasteiger partial charge in [-0.15, -0.1) is 0 Å². The number of carbonyl (C=O) groups excluding carboxylic acids is 1. The number of carbonyl (C=O) groups is 1. The maximum absolute atomic E-state index is 14.5. The standard InChI is InChI=1S/C21H22F2N2O4S/c1-14(28-3)20(26)25-21(12-29-13-27-2,15-7-5-4-6-8-15)30-19(24-25)17-11-16(22)9-10-18(17)23/h4-11,14H,12-13H2,1-3H3. The minimum absolute atomic E-state index is 0.00162. The molecule has 0 aromatic heterocycles. The van der Waals surface area contributed by atoms with E-state index in [-0.39, 0.29) is 24.0 Å². The van der Waals surface area contributed by atoms with Crippen LogP contribution < -0.4 is 0 Å². The fourth-order valence-electron chi connectivity index (χ4n) is 2.98. The maximum atomic E-state index is 14.5. The zero-order chi connectivity index (χ0) is 21.7. The van der Waals surface area contributed by atoms with Gasteiger partial charge in [0.15, 0.2) is 4.87 Å². The number of thioether (sulfide) groups is 1. The minimum atomic E-state index is -1.16. The summed E-state index contributed by atoms with van der Waals surface area (Å²) in [7, 11) is 2.89. The van der Waals surface area contributed by atoms with E-state index >= 15 is 0 Å². The summed E-state index contributed by atoms with van der Waals surface area (Å²) in [5.41, 5.74) is 0.672. The van der Waals surface area contributed by atoms with Gasteiger partial charge in [-0.1, -0.05) is 42.1 Å². The first kappa shape index (κ1) is 22.4. The summed E-state index contributed by atoms with van der Waals surface area (Å²) in [6.45, 7) is 1.58. The van der Waals surface area contributed by atoms with Gasteiger partial charge in [0.1, 0.15) is 29.6 Å². The molecule has 2 unspecified atom stereocenters. The number of rotatable bonds is 8. The number of methoxy groups -OCH3 is 2. The van der Waals surface area contributed by atoms with Crippen molar-refractivity contribution >= 4 is 22.7 Å². The topological polar surface area (TPSA) is 60.4 Å². The molecule has 0 N–H and O–H groups in total. The first-order chi connectivity index (χ1) is 14.4. The molecule has 0 bridgehead atoms. The number of hydrogen-bond donors (Lipinski definition) is 0. The Balaban J connectivity index is 2.13. The van der Waals surface area contributed by atoms with E-state index in [1.165, 1.54) is 19.2 Å². The van der Waals surface area contributed by atoms with Crippen LogP contribution in [0.25, 0.3) is 0 Å². The molecule has 0 fully saturated rings. The van der Waals surface area contributed by atoms with Gasteiger partial charge in [-0.05, 0) is 30.7 Å². The molecule has 0 spiro atoms. The summed E-state index contributed by atoms with van der Waals surface area (Å²) in [6, 6.07) is 12.2. The molecule has 0 aliphatic carbocycles. The van der Waals surface area contributed by atoms with Crippen LogP contribution in [-0.2, 0) is 23.9 Å². The Labute approximate surface area is 177 Å². The lowest BCUT2D eigenvalue weighted by Gasteiger charge is -2.36. The smallest absolute Gasteiger partial charge is 0.273 e. The second-order valence-electron chi connectivity index (χ2n) is 6.56.